The van der Waals surface area contributed by atoms with Crippen LogP contribution in [0.5, 0.6) is 5.75 Å². The van der Waals surface area contributed by atoms with Crippen molar-refractivity contribution in [1.29, 1.82) is 0 Å². The number of hydrogen-bond donors (Lipinski definition) is 3. The number of benzene rings is 1. The van der Waals surface area contributed by atoms with Crippen LogP contribution in [0.2, 0.25) is 0 Å². The summed E-state index contributed by atoms with van der Waals surface area (Å²) in [5.74, 6) is -2.64. The average Bonchev–Trinajstić information content (AvgIpc) is 2.20. The van der Waals surface area contributed by atoms with E-state index >= 15 is 0 Å². The molecule has 0 spiro atoms. The number of carboxylic acids is 1. The van der Waals surface area contributed by atoms with Crippen LogP contribution >= 0.6 is 12.4 Å². The Morgan fingerprint density at radius 1 is 1.59 bits per heavy atom. The topological polar surface area (TPSA) is 83.6 Å². The Morgan fingerprint density at radius 2 is 2.18 bits per heavy atom. The molecule has 0 radical (unpaired) electrons. The molecule has 0 aliphatic rings. The van der Waals surface area contributed by atoms with E-state index in [2.05, 4.69) is 6.58 Å². The zero-order valence-electron chi connectivity index (χ0n) is 8.89. The molecular formula is C11H13ClFNO3. The van der Waals surface area contributed by atoms with Gasteiger partial charge in [-0.2, -0.15) is 0 Å². The lowest BCUT2D eigenvalue weighted by atomic mass is 10.00. The Balaban J connectivity index is 0.00000256. The van der Waals surface area contributed by atoms with Gasteiger partial charge in [-0.3, -0.25) is 0 Å². The standard InChI is InChI=1S/C11H12FNO3.ClH/c1-2-3-9(13)7-4-6(12)5-8(10(7)14)11(15)16;/h2,4-5,9,14H,1,3,13H2,(H,15,16);1H/t9-;/m0./s1. The summed E-state index contributed by atoms with van der Waals surface area (Å²) in [6.45, 7) is 3.46. The number of aromatic hydroxyl groups is 1. The molecule has 1 aromatic carbocycles. The number of halogens is 2. The minimum Gasteiger partial charge on any atom is -0.507 e. The number of nitrogens with two attached hydrogens (primary N) is 1. The van der Waals surface area contributed by atoms with Crippen molar-refractivity contribution in [2.75, 3.05) is 0 Å². The maximum atomic E-state index is 13.1. The van der Waals surface area contributed by atoms with Gasteiger partial charge in [0.2, 0.25) is 0 Å². The quantitative estimate of drug-likeness (QED) is 0.726. The van der Waals surface area contributed by atoms with E-state index in [1.54, 1.807) is 0 Å². The Labute approximate surface area is 104 Å². The van der Waals surface area contributed by atoms with Crippen LogP contribution < -0.4 is 5.73 Å². The van der Waals surface area contributed by atoms with E-state index in [4.69, 9.17) is 10.8 Å². The molecule has 94 valence electrons. The molecule has 0 amide bonds. The summed E-state index contributed by atoms with van der Waals surface area (Å²) in [4.78, 5) is 10.7. The first-order valence-electron chi connectivity index (χ1n) is 4.59. The van der Waals surface area contributed by atoms with Crippen molar-refractivity contribution in [2.45, 2.75) is 12.5 Å². The van der Waals surface area contributed by atoms with Crippen molar-refractivity contribution >= 4 is 18.4 Å². The Hall–Kier alpha value is -1.59. The lowest BCUT2D eigenvalue weighted by molar-refractivity contribution is 0.0693. The monoisotopic (exact) mass is 261 g/mol. The minimum absolute atomic E-state index is 0. The van der Waals surface area contributed by atoms with Gasteiger partial charge in [0.25, 0.3) is 0 Å². The van der Waals surface area contributed by atoms with E-state index in [1.807, 2.05) is 0 Å². The van der Waals surface area contributed by atoms with E-state index in [-0.39, 0.29) is 18.0 Å². The van der Waals surface area contributed by atoms with Crippen LogP contribution in [0.1, 0.15) is 28.4 Å². The number of hydrogen-bond acceptors (Lipinski definition) is 3. The van der Waals surface area contributed by atoms with Gasteiger partial charge >= 0.3 is 5.97 Å². The molecule has 4 N–H and O–H groups in total. The van der Waals surface area contributed by atoms with E-state index in [0.29, 0.717) is 6.42 Å². The second-order valence-electron chi connectivity index (χ2n) is 3.33. The van der Waals surface area contributed by atoms with Gasteiger partial charge in [0, 0.05) is 11.6 Å². The van der Waals surface area contributed by atoms with E-state index in [1.165, 1.54) is 6.08 Å². The van der Waals surface area contributed by atoms with Crippen molar-refractivity contribution in [3.05, 3.63) is 41.7 Å². The van der Waals surface area contributed by atoms with Crippen LogP contribution in [-0.4, -0.2) is 16.2 Å². The maximum absolute atomic E-state index is 13.1. The molecule has 0 aliphatic carbocycles. The van der Waals surface area contributed by atoms with Gasteiger partial charge in [0.05, 0.1) is 0 Å². The van der Waals surface area contributed by atoms with Crippen LogP contribution in [0.3, 0.4) is 0 Å². The fraction of sp³-hybridized carbons (Fsp3) is 0.182. The van der Waals surface area contributed by atoms with Crippen LogP contribution in [0.15, 0.2) is 24.8 Å². The Bertz CT molecular complexity index is 437. The minimum atomic E-state index is -1.40. The van der Waals surface area contributed by atoms with Crippen molar-refractivity contribution in [1.82, 2.24) is 0 Å². The number of phenols is 1. The molecule has 0 unspecified atom stereocenters. The average molecular weight is 262 g/mol. The number of aromatic carboxylic acids is 1. The molecule has 0 saturated heterocycles. The molecule has 6 heteroatoms. The lowest BCUT2D eigenvalue weighted by Crippen LogP contribution is -2.11. The third-order valence-corrected chi connectivity index (χ3v) is 2.15. The summed E-state index contributed by atoms with van der Waals surface area (Å²) < 4.78 is 13.1. The van der Waals surface area contributed by atoms with Crippen LogP contribution in [0, 0.1) is 5.82 Å². The summed E-state index contributed by atoms with van der Waals surface area (Å²) >= 11 is 0. The molecule has 0 saturated carbocycles. The Kier molecular flexibility index (Phi) is 5.64. The molecule has 4 nitrogen and oxygen atoms in total. The SMILES string of the molecule is C=CC[C@H](N)c1cc(F)cc(C(=O)O)c1O.Cl. The fourth-order valence-corrected chi connectivity index (χ4v) is 1.37. The largest absolute Gasteiger partial charge is 0.507 e. The summed E-state index contributed by atoms with van der Waals surface area (Å²) in [5, 5.41) is 18.4. The molecule has 0 fully saturated rings. The molecule has 0 aliphatic heterocycles. The highest BCUT2D eigenvalue weighted by Crippen LogP contribution is 2.29. The maximum Gasteiger partial charge on any atom is 0.339 e. The van der Waals surface area contributed by atoms with Gasteiger partial charge in [0.1, 0.15) is 17.1 Å². The predicted molar refractivity (Wildman–Crippen MR) is 64.0 cm³/mol. The normalized spacial score (nSPS) is 11.4. The van der Waals surface area contributed by atoms with Crippen molar-refractivity contribution in [2.24, 2.45) is 5.73 Å². The number of rotatable bonds is 4. The number of carbonyl (C=O) groups is 1. The highest BCUT2D eigenvalue weighted by atomic mass is 35.5. The Morgan fingerprint density at radius 3 is 2.65 bits per heavy atom. The molecule has 0 heterocycles. The van der Waals surface area contributed by atoms with Crippen LogP contribution in [0.4, 0.5) is 4.39 Å². The fourth-order valence-electron chi connectivity index (χ4n) is 1.37. The molecule has 1 atom stereocenters. The van der Waals surface area contributed by atoms with Crippen LogP contribution in [-0.2, 0) is 0 Å². The number of carboxylic acid groups (broad SMARTS) is 1. The zero-order valence-corrected chi connectivity index (χ0v) is 9.71. The summed E-state index contributed by atoms with van der Waals surface area (Å²) in [7, 11) is 0. The predicted octanol–water partition coefficient (Wildman–Crippen LogP) is 2.23. The van der Waals surface area contributed by atoms with E-state index in [0.717, 1.165) is 12.1 Å². The van der Waals surface area contributed by atoms with Gasteiger partial charge < -0.3 is 15.9 Å². The van der Waals surface area contributed by atoms with Gasteiger partial charge in [0.15, 0.2) is 0 Å². The molecule has 0 aromatic heterocycles. The van der Waals surface area contributed by atoms with Crippen LogP contribution in [0.25, 0.3) is 0 Å². The first-order chi connectivity index (χ1) is 7.47. The summed E-state index contributed by atoms with van der Waals surface area (Å²) in [5.41, 5.74) is 5.23. The van der Waals surface area contributed by atoms with Crippen molar-refractivity contribution in [3.63, 3.8) is 0 Å². The molecule has 1 aromatic rings. The second-order valence-corrected chi connectivity index (χ2v) is 3.33. The smallest absolute Gasteiger partial charge is 0.339 e. The van der Waals surface area contributed by atoms with Gasteiger partial charge in [-0.15, -0.1) is 19.0 Å². The molecule has 1 rings (SSSR count). The first kappa shape index (κ1) is 15.4. The highest BCUT2D eigenvalue weighted by molar-refractivity contribution is 5.91. The van der Waals surface area contributed by atoms with Gasteiger partial charge in [-0.25, -0.2) is 9.18 Å². The van der Waals surface area contributed by atoms with Gasteiger partial charge in [-0.05, 0) is 18.6 Å². The van der Waals surface area contributed by atoms with E-state index in [9.17, 15) is 14.3 Å². The second kappa shape index (κ2) is 6.22. The molecule has 17 heavy (non-hydrogen) atoms. The molecule has 0 bridgehead atoms. The third-order valence-electron chi connectivity index (χ3n) is 2.15. The van der Waals surface area contributed by atoms with Crippen molar-refractivity contribution in [3.8, 4) is 5.75 Å². The first-order valence-corrected chi connectivity index (χ1v) is 4.59. The third kappa shape index (κ3) is 3.44. The summed E-state index contributed by atoms with van der Waals surface area (Å²) in [6, 6.07) is 1.10. The van der Waals surface area contributed by atoms with E-state index < -0.39 is 29.1 Å². The lowest BCUT2D eigenvalue weighted by Gasteiger charge is -2.13. The summed E-state index contributed by atoms with van der Waals surface area (Å²) in [6.07, 6.45) is 1.82. The zero-order chi connectivity index (χ0) is 12.3. The highest BCUT2D eigenvalue weighted by Gasteiger charge is 2.19. The molecular weight excluding hydrogens is 249 g/mol. The van der Waals surface area contributed by atoms with Crippen molar-refractivity contribution < 1.29 is 19.4 Å². The van der Waals surface area contributed by atoms with Gasteiger partial charge in [-0.1, -0.05) is 6.08 Å².